The quantitative estimate of drug-likeness (QED) is 0.615. The number of fused-ring (bicyclic) bond motifs is 1. The number of nitrogens with zero attached hydrogens (tertiary/aromatic N) is 3. The van der Waals surface area contributed by atoms with Crippen LogP contribution in [0, 0.1) is 11.3 Å². The molecule has 0 amide bonds. The molecule has 0 radical (unpaired) electrons. The zero-order valence-electron chi connectivity index (χ0n) is 11.7. The lowest BCUT2D eigenvalue weighted by atomic mass is 10.0. The lowest BCUT2D eigenvalue weighted by Crippen LogP contribution is -1.92. The first-order valence-corrected chi connectivity index (χ1v) is 7.34. The molecule has 0 N–H and O–H groups in total. The first kappa shape index (κ1) is 14.6. The van der Waals surface area contributed by atoms with Crippen LogP contribution in [0.25, 0.3) is 28.1 Å². The molecule has 0 aliphatic rings. The Kier molecular flexibility index (Phi) is 3.89. The lowest BCUT2D eigenvalue weighted by Gasteiger charge is -2.05. The molecule has 0 aliphatic heterocycles. The van der Waals surface area contributed by atoms with E-state index in [4.69, 9.17) is 28.5 Å². The summed E-state index contributed by atoms with van der Waals surface area (Å²) in [5.41, 5.74) is 3.53. The Labute approximate surface area is 138 Å². The maximum atomic E-state index is 8.73. The van der Waals surface area contributed by atoms with E-state index in [0.29, 0.717) is 10.0 Å². The second kappa shape index (κ2) is 5.84. The maximum absolute atomic E-state index is 8.73. The highest BCUT2D eigenvalue weighted by molar-refractivity contribution is 6.36. The van der Waals surface area contributed by atoms with Gasteiger partial charge in [-0.05, 0) is 18.2 Å². The van der Waals surface area contributed by atoms with Crippen LogP contribution in [0.5, 0.6) is 0 Å². The normalized spacial score (nSPS) is 11.2. The van der Waals surface area contributed by atoms with Gasteiger partial charge in [0.05, 0.1) is 11.8 Å². The minimum atomic E-state index is 0.583. The second-order valence-electron chi connectivity index (χ2n) is 4.80. The Bertz CT molecular complexity index is 933. The van der Waals surface area contributed by atoms with E-state index in [1.54, 1.807) is 22.9 Å². The van der Waals surface area contributed by atoms with E-state index in [2.05, 4.69) is 5.10 Å². The van der Waals surface area contributed by atoms with Gasteiger partial charge in [-0.15, -0.1) is 0 Å². The average Bonchev–Trinajstić information content (AvgIpc) is 2.81. The number of hydrogen-bond donors (Lipinski definition) is 0. The van der Waals surface area contributed by atoms with Crippen LogP contribution in [-0.2, 0) is 7.05 Å². The largest absolute Gasteiger partial charge is 0.267 e. The van der Waals surface area contributed by atoms with Crippen LogP contribution < -0.4 is 0 Å². The van der Waals surface area contributed by atoms with Crippen molar-refractivity contribution in [1.29, 1.82) is 5.26 Å². The standard InChI is InChI=1S/C17H11Cl2N3/c1-22-16(6-3-9-20)14-5-2-4-13(17(14)21-22)12-8-7-11(18)10-15(12)19/h2-8,10H,1H3/b6-3+. The second-order valence-corrected chi connectivity index (χ2v) is 5.64. The molecular weight excluding hydrogens is 317 g/mol. The van der Waals surface area contributed by atoms with Crippen molar-refractivity contribution in [3.8, 4) is 17.2 Å². The summed E-state index contributed by atoms with van der Waals surface area (Å²) in [5.74, 6) is 0. The van der Waals surface area contributed by atoms with Crippen LogP contribution in [0.4, 0.5) is 0 Å². The number of benzene rings is 2. The van der Waals surface area contributed by atoms with Crippen LogP contribution in [0.2, 0.25) is 10.0 Å². The van der Waals surface area contributed by atoms with E-state index < -0.39 is 0 Å². The van der Waals surface area contributed by atoms with Gasteiger partial charge < -0.3 is 0 Å². The summed E-state index contributed by atoms with van der Waals surface area (Å²) < 4.78 is 1.76. The van der Waals surface area contributed by atoms with Crippen molar-refractivity contribution in [1.82, 2.24) is 9.78 Å². The summed E-state index contributed by atoms with van der Waals surface area (Å²) in [7, 11) is 1.85. The molecule has 0 spiro atoms. The van der Waals surface area contributed by atoms with Gasteiger partial charge in [-0.2, -0.15) is 10.4 Å². The fraction of sp³-hybridized carbons (Fsp3) is 0.0588. The van der Waals surface area contributed by atoms with E-state index in [1.165, 1.54) is 6.08 Å². The Morgan fingerprint density at radius 2 is 2.00 bits per heavy atom. The summed E-state index contributed by atoms with van der Waals surface area (Å²) in [6.07, 6.45) is 3.20. The van der Waals surface area contributed by atoms with Crippen LogP contribution >= 0.6 is 23.2 Å². The molecule has 22 heavy (non-hydrogen) atoms. The predicted molar refractivity (Wildman–Crippen MR) is 90.8 cm³/mol. The van der Waals surface area contributed by atoms with E-state index in [0.717, 1.165) is 27.7 Å². The zero-order valence-corrected chi connectivity index (χ0v) is 13.2. The molecule has 3 rings (SSSR count). The van der Waals surface area contributed by atoms with Crippen molar-refractivity contribution in [3.05, 3.63) is 58.2 Å². The molecule has 1 aromatic heterocycles. The van der Waals surface area contributed by atoms with E-state index in [9.17, 15) is 0 Å². The van der Waals surface area contributed by atoms with E-state index in [-0.39, 0.29) is 0 Å². The molecule has 0 fully saturated rings. The van der Waals surface area contributed by atoms with E-state index in [1.807, 2.05) is 37.4 Å². The molecule has 3 nitrogen and oxygen atoms in total. The molecule has 5 heteroatoms. The van der Waals surface area contributed by atoms with Crippen LogP contribution in [0.3, 0.4) is 0 Å². The third-order valence-electron chi connectivity index (χ3n) is 3.45. The van der Waals surface area contributed by atoms with Crippen LogP contribution in [-0.4, -0.2) is 9.78 Å². The summed E-state index contributed by atoms with van der Waals surface area (Å²) in [6.45, 7) is 0. The van der Waals surface area contributed by atoms with Gasteiger partial charge in [0.2, 0.25) is 0 Å². The highest BCUT2D eigenvalue weighted by Crippen LogP contribution is 2.35. The number of hydrogen-bond acceptors (Lipinski definition) is 2. The molecule has 0 bridgehead atoms. The molecule has 0 saturated carbocycles. The van der Waals surface area contributed by atoms with Gasteiger partial charge in [0.15, 0.2) is 0 Å². The minimum absolute atomic E-state index is 0.583. The SMILES string of the molecule is Cn1nc2c(-c3ccc(Cl)cc3Cl)cccc2c1/C=C/C#N. The first-order chi connectivity index (χ1) is 10.6. The topological polar surface area (TPSA) is 41.6 Å². The summed E-state index contributed by atoms with van der Waals surface area (Å²) in [4.78, 5) is 0. The molecule has 0 saturated heterocycles. The molecule has 0 atom stereocenters. The molecule has 1 heterocycles. The Morgan fingerprint density at radius 3 is 2.73 bits per heavy atom. The molecule has 0 unspecified atom stereocenters. The molecule has 108 valence electrons. The predicted octanol–water partition coefficient (Wildman–Crippen LogP) is 5.08. The fourth-order valence-corrected chi connectivity index (χ4v) is 2.99. The minimum Gasteiger partial charge on any atom is -0.267 e. The van der Waals surface area contributed by atoms with Crippen molar-refractivity contribution in [2.45, 2.75) is 0 Å². The number of rotatable bonds is 2. The van der Waals surface area contributed by atoms with Crippen molar-refractivity contribution in [2.24, 2.45) is 7.05 Å². The van der Waals surface area contributed by atoms with Crippen molar-refractivity contribution in [3.63, 3.8) is 0 Å². The maximum Gasteiger partial charge on any atom is 0.101 e. The van der Waals surface area contributed by atoms with Gasteiger partial charge in [-0.3, -0.25) is 4.68 Å². The smallest absolute Gasteiger partial charge is 0.101 e. The molecule has 2 aromatic carbocycles. The van der Waals surface area contributed by atoms with Gasteiger partial charge in [0.1, 0.15) is 5.52 Å². The number of aromatic nitrogens is 2. The number of allylic oxidation sites excluding steroid dienone is 1. The van der Waals surface area contributed by atoms with Crippen LogP contribution in [0.15, 0.2) is 42.5 Å². The molecule has 0 aliphatic carbocycles. The fourth-order valence-electron chi connectivity index (χ4n) is 2.48. The molecule has 3 aromatic rings. The molecular formula is C17H11Cl2N3. The average molecular weight is 328 g/mol. The first-order valence-electron chi connectivity index (χ1n) is 6.59. The lowest BCUT2D eigenvalue weighted by molar-refractivity contribution is 0.771. The van der Waals surface area contributed by atoms with E-state index >= 15 is 0 Å². The summed E-state index contributed by atoms with van der Waals surface area (Å²) >= 11 is 12.3. The van der Waals surface area contributed by atoms with Gasteiger partial charge in [0, 0.05) is 39.7 Å². The van der Waals surface area contributed by atoms with Crippen molar-refractivity contribution in [2.75, 3.05) is 0 Å². The highest BCUT2D eigenvalue weighted by atomic mass is 35.5. The van der Waals surface area contributed by atoms with Crippen molar-refractivity contribution >= 4 is 40.2 Å². The Hall–Kier alpha value is -2.28. The van der Waals surface area contributed by atoms with Gasteiger partial charge in [0.25, 0.3) is 0 Å². The summed E-state index contributed by atoms with van der Waals surface area (Å²) in [5, 5.41) is 15.4. The highest BCUT2D eigenvalue weighted by Gasteiger charge is 2.13. The zero-order chi connectivity index (χ0) is 15.7. The number of halogens is 2. The third kappa shape index (κ3) is 2.48. The van der Waals surface area contributed by atoms with Gasteiger partial charge >= 0.3 is 0 Å². The Balaban J connectivity index is 2.28. The van der Waals surface area contributed by atoms with Crippen molar-refractivity contribution < 1.29 is 0 Å². The van der Waals surface area contributed by atoms with Gasteiger partial charge in [-0.1, -0.05) is 47.5 Å². The van der Waals surface area contributed by atoms with Crippen LogP contribution in [0.1, 0.15) is 5.69 Å². The van der Waals surface area contributed by atoms with Gasteiger partial charge in [-0.25, -0.2) is 0 Å². The Morgan fingerprint density at radius 1 is 1.18 bits per heavy atom. The summed E-state index contributed by atoms with van der Waals surface area (Å²) in [6, 6.07) is 13.3. The number of nitriles is 1. The monoisotopic (exact) mass is 327 g/mol. The number of aryl methyl sites for hydroxylation is 1. The third-order valence-corrected chi connectivity index (χ3v) is 4.00.